The minimum atomic E-state index is -0.158. The summed E-state index contributed by atoms with van der Waals surface area (Å²) in [5, 5.41) is 0.156. The molecule has 0 N–H and O–H groups in total. The van der Waals surface area contributed by atoms with E-state index in [-0.39, 0.29) is 11.2 Å². The van der Waals surface area contributed by atoms with Gasteiger partial charge >= 0.3 is 0 Å². The van der Waals surface area contributed by atoms with Crippen LogP contribution in [0.15, 0.2) is 24.3 Å². The minimum Gasteiger partial charge on any atom is -0.207 e. The van der Waals surface area contributed by atoms with E-state index in [1.807, 2.05) is 6.07 Å². The van der Waals surface area contributed by atoms with Crippen molar-refractivity contribution < 1.29 is 4.39 Å². The van der Waals surface area contributed by atoms with Gasteiger partial charge in [-0.3, -0.25) is 0 Å². The lowest BCUT2D eigenvalue weighted by Gasteiger charge is -2.31. The third kappa shape index (κ3) is 4.77. The molecule has 2 rings (SSSR count). The van der Waals surface area contributed by atoms with Crippen LogP contribution in [0.3, 0.4) is 0 Å². The molecule has 0 nitrogen and oxygen atoms in total. The lowest BCUT2D eigenvalue weighted by molar-refractivity contribution is 0.253. The van der Waals surface area contributed by atoms with E-state index in [0.29, 0.717) is 5.92 Å². The average Bonchev–Trinajstić information content (AvgIpc) is 2.45. The second-order valence-electron chi connectivity index (χ2n) is 6.27. The molecule has 1 aromatic carbocycles. The highest BCUT2D eigenvalue weighted by molar-refractivity contribution is 6.20. The summed E-state index contributed by atoms with van der Waals surface area (Å²) in [5.41, 5.74) is 1.03. The van der Waals surface area contributed by atoms with Gasteiger partial charge in [0.05, 0.1) is 0 Å². The molecule has 1 aliphatic rings. The number of halogens is 2. The Kier molecular flexibility index (Phi) is 6.35. The molecule has 0 amide bonds. The summed E-state index contributed by atoms with van der Waals surface area (Å²) in [6, 6.07) is 6.86. The average molecular weight is 297 g/mol. The van der Waals surface area contributed by atoms with Crippen molar-refractivity contribution in [3.05, 3.63) is 35.6 Å². The molecule has 0 heterocycles. The lowest BCUT2D eigenvalue weighted by Crippen LogP contribution is -2.23. The van der Waals surface area contributed by atoms with Crippen molar-refractivity contribution in [1.82, 2.24) is 0 Å². The van der Waals surface area contributed by atoms with Gasteiger partial charge in [-0.15, -0.1) is 11.6 Å². The van der Waals surface area contributed by atoms with Crippen molar-refractivity contribution in [2.75, 3.05) is 0 Å². The monoisotopic (exact) mass is 296 g/mol. The summed E-state index contributed by atoms with van der Waals surface area (Å²) in [7, 11) is 0. The quantitative estimate of drug-likeness (QED) is 0.567. The molecule has 0 bridgehead atoms. The van der Waals surface area contributed by atoms with Gasteiger partial charge in [0.1, 0.15) is 5.82 Å². The second kappa shape index (κ2) is 8.02. The summed E-state index contributed by atoms with van der Waals surface area (Å²) in [4.78, 5) is 0. The van der Waals surface area contributed by atoms with E-state index in [9.17, 15) is 4.39 Å². The second-order valence-corrected chi connectivity index (χ2v) is 6.83. The first-order valence-electron chi connectivity index (χ1n) is 8.07. The third-order valence-electron chi connectivity index (χ3n) is 4.69. The van der Waals surface area contributed by atoms with Crippen molar-refractivity contribution in [3.8, 4) is 0 Å². The fraction of sp³-hybridized carbons (Fsp3) is 0.667. The summed E-state index contributed by atoms with van der Waals surface area (Å²) in [6.07, 6.45) is 10.0. The fourth-order valence-corrected chi connectivity index (χ4v) is 3.82. The van der Waals surface area contributed by atoms with Crippen LogP contribution in [0, 0.1) is 17.7 Å². The van der Waals surface area contributed by atoms with Crippen LogP contribution in [0.25, 0.3) is 0 Å². The Hall–Kier alpha value is -0.560. The van der Waals surface area contributed by atoms with Gasteiger partial charge in [-0.2, -0.15) is 0 Å². The third-order valence-corrected chi connectivity index (χ3v) is 5.20. The molecular weight excluding hydrogens is 271 g/mol. The van der Waals surface area contributed by atoms with E-state index in [4.69, 9.17) is 11.6 Å². The van der Waals surface area contributed by atoms with Crippen molar-refractivity contribution in [2.45, 2.75) is 63.7 Å². The molecule has 20 heavy (non-hydrogen) atoms. The summed E-state index contributed by atoms with van der Waals surface area (Å²) >= 11 is 6.58. The molecule has 1 aromatic rings. The van der Waals surface area contributed by atoms with E-state index in [1.165, 1.54) is 51.0 Å². The molecule has 112 valence electrons. The van der Waals surface area contributed by atoms with Crippen LogP contribution < -0.4 is 0 Å². The Labute approximate surface area is 127 Å². The number of rotatable bonds is 6. The highest BCUT2D eigenvalue weighted by Gasteiger charge is 2.26. The van der Waals surface area contributed by atoms with Crippen LogP contribution in [-0.2, 0) is 6.42 Å². The Balaban J connectivity index is 1.78. The summed E-state index contributed by atoms with van der Waals surface area (Å²) in [6.45, 7) is 2.26. The smallest absolute Gasteiger partial charge is 0.123 e. The van der Waals surface area contributed by atoms with Gasteiger partial charge in [-0.25, -0.2) is 4.39 Å². The molecule has 1 aliphatic carbocycles. The Bertz CT molecular complexity index is 396. The predicted octanol–water partition coefficient (Wildman–Crippen LogP) is 5.97. The predicted molar refractivity (Wildman–Crippen MR) is 84.7 cm³/mol. The number of benzene rings is 1. The maximum atomic E-state index is 13.2. The minimum absolute atomic E-state index is 0.156. The Morgan fingerprint density at radius 1 is 1.25 bits per heavy atom. The molecule has 0 saturated heterocycles. The largest absolute Gasteiger partial charge is 0.207 e. The topological polar surface area (TPSA) is 0 Å². The van der Waals surface area contributed by atoms with Crippen LogP contribution in [0.1, 0.15) is 57.4 Å². The van der Waals surface area contributed by atoms with Gasteiger partial charge in [-0.1, -0.05) is 51.2 Å². The normalized spacial score (nSPS) is 24.6. The number of hydrogen-bond acceptors (Lipinski definition) is 0. The molecule has 1 unspecified atom stereocenters. The SMILES string of the molecule is CCCCC1CCC(C(Cl)Cc2cccc(F)c2)CC1. The zero-order valence-corrected chi connectivity index (χ0v) is 13.2. The first-order valence-corrected chi connectivity index (χ1v) is 8.51. The van der Waals surface area contributed by atoms with Crippen molar-refractivity contribution in [3.63, 3.8) is 0 Å². The number of hydrogen-bond donors (Lipinski definition) is 0. The van der Waals surface area contributed by atoms with Crippen molar-refractivity contribution in [1.29, 1.82) is 0 Å². The van der Waals surface area contributed by atoms with E-state index < -0.39 is 0 Å². The van der Waals surface area contributed by atoms with Crippen LogP contribution in [0.4, 0.5) is 4.39 Å². The van der Waals surface area contributed by atoms with Crippen LogP contribution in [0.2, 0.25) is 0 Å². The van der Waals surface area contributed by atoms with Gasteiger partial charge < -0.3 is 0 Å². The standard InChI is InChI=1S/C18H26ClF/c1-2-3-5-14-8-10-16(11-9-14)18(19)13-15-6-4-7-17(20)12-15/h4,6-7,12,14,16,18H,2-3,5,8-11,13H2,1H3. The molecule has 2 heteroatoms. The highest BCUT2D eigenvalue weighted by Crippen LogP contribution is 2.36. The molecular formula is C18H26ClF. The van der Waals surface area contributed by atoms with Gasteiger partial charge in [0.15, 0.2) is 0 Å². The highest BCUT2D eigenvalue weighted by atomic mass is 35.5. The van der Waals surface area contributed by atoms with Crippen LogP contribution in [0.5, 0.6) is 0 Å². The molecule has 1 fully saturated rings. The molecule has 1 saturated carbocycles. The Morgan fingerprint density at radius 3 is 2.65 bits per heavy atom. The Morgan fingerprint density at radius 2 is 2.00 bits per heavy atom. The van der Waals surface area contributed by atoms with Gasteiger partial charge in [0.2, 0.25) is 0 Å². The maximum absolute atomic E-state index is 13.2. The van der Waals surface area contributed by atoms with Crippen molar-refractivity contribution in [2.24, 2.45) is 11.8 Å². The zero-order valence-electron chi connectivity index (χ0n) is 12.5. The first kappa shape index (κ1) is 15.8. The molecule has 0 radical (unpaired) electrons. The fourth-order valence-electron chi connectivity index (χ4n) is 3.39. The van der Waals surface area contributed by atoms with Crippen LogP contribution in [-0.4, -0.2) is 5.38 Å². The van der Waals surface area contributed by atoms with E-state index >= 15 is 0 Å². The molecule has 0 aliphatic heterocycles. The zero-order chi connectivity index (χ0) is 14.4. The summed E-state index contributed by atoms with van der Waals surface area (Å²) < 4.78 is 13.2. The van der Waals surface area contributed by atoms with E-state index in [1.54, 1.807) is 12.1 Å². The van der Waals surface area contributed by atoms with Crippen LogP contribution >= 0.6 is 11.6 Å². The van der Waals surface area contributed by atoms with E-state index in [2.05, 4.69) is 6.92 Å². The molecule has 0 aromatic heterocycles. The first-order chi connectivity index (χ1) is 9.69. The number of unbranched alkanes of at least 4 members (excludes halogenated alkanes) is 1. The van der Waals surface area contributed by atoms with E-state index in [0.717, 1.165) is 17.9 Å². The lowest BCUT2D eigenvalue weighted by atomic mass is 9.77. The van der Waals surface area contributed by atoms with Gasteiger partial charge in [0, 0.05) is 5.38 Å². The molecule has 0 spiro atoms. The molecule has 1 atom stereocenters. The number of alkyl halides is 1. The summed E-state index contributed by atoms with van der Waals surface area (Å²) in [5.74, 6) is 1.37. The van der Waals surface area contributed by atoms with Gasteiger partial charge in [-0.05, 0) is 48.8 Å². The maximum Gasteiger partial charge on any atom is 0.123 e. The van der Waals surface area contributed by atoms with Crippen molar-refractivity contribution >= 4 is 11.6 Å². The van der Waals surface area contributed by atoms with Gasteiger partial charge in [0.25, 0.3) is 0 Å².